The first kappa shape index (κ1) is 12.7. The van der Waals surface area contributed by atoms with Gasteiger partial charge in [0.05, 0.1) is 13.2 Å². The number of carboxylic acids is 1. The van der Waals surface area contributed by atoms with E-state index in [9.17, 15) is 4.79 Å². The molecule has 1 aliphatic heterocycles. The van der Waals surface area contributed by atoms with Crippen LogP contribution in [0.25, 0.3) is 0 Å². The van der Waals surface area contributed by atoms with E-state index >= 15 is 0 Å². The van der Waals surface area contributed by atoms with Crippen LogP contribution in [0, 0.1) is 6.92 Å². The summed E-state index contributed by atoms with van der Waals surface area (Å²) in [6.07, 6.45) is 0. The zero-order valence-electron chi connectivity index (χ0n) is 10.5. The number of nitrogens with one attached hydrogen (secondary N) is 1. The van der Waals surface area contributed by atoms with Gasteiger partial charge in [0, 0.05) is 24.5 Å². The monoisotopic (exact) mass is 250 g/mol. The third kappa shape index (κ3) is 3.13. The van der Waals surface area contributed by atoms with Crippen LogP contribution in [-0.4, -0.2) is 43.9 Å². The SMILES string of the molecule is Cc1cc(NCC(=O)O)ccc1N1CCOCC1. The van der Waals surface area contributed by atoms with E-state index in [-0.39, 0.29) is 6.54 Å². The van der Waals surface area contributed by atoms with Crippen molar-refractivity contribution in [2.45, 2.75) is 6.92 Å². The van der Waals surface area contributed by atoms with Crippen LogP contribution in [0.3, 0.4) is 0 Å². The maximum absolute atomic E-state index is 10.5. The Morgan fingerprint density at radius 3 is 2.78 bits per heavy atom. The van der Waals surface area contributed by atoms with Crippen molar-refractivity contribution >= 4 is 17.3 Å². The first-order valence-corrected chi connectivity index (χ1v) is 6.06. The second-order valence-corrected chi connectivity index (χ2v) is 4.35. The van der Waals surface area contributed by atoms with Crippen molar-refractivity contribution in [1.82, 2.24) is 0 Å². The zero-order chi connectivity index (χ0) is 13.0. The Bertz CT molecular complexity index is 428. The van der Waals surface area contributed by atoms with Gasteiger partial charge in [-0.05, 0) is 30.7 Å². The zero-order valence-corrected chi connectivity index (χ0v) is 10.5. The van der Waals surface area contributed by atoms with Crippen molar-refractivity contribution in [3.8, 4) is 0 Å². The fraction of sp³-hybridized carbons (Fsp3) is 0.462. The van der Waals surface area contributed by atoms with E-state index in [2.05, 4.69) is 10.2 Å². The highest BCUT2D eigenvalue weighted by molar-refractivity contribution is 5.73. The highest BCUT2D eigenvalue weighted by Gasteiger charge is 2.13. The van der Waals surface area contributed by atoms with Crippen molar-refractivity contribution in [3.05, 3.63) is 23.8 Å². The Morgan fingerprint density at radius 1 is 1.44 bits per heavy atom. The molecule has 98 valence electrons. The van der Waals surface area contributed by atoms with Gasteiger partial charge >= 0.3 is 5.97 Å². The van der Waals surface area contributed by atoms with E-state index in [0.29, 0.717) is 0 Å². The molecule has 2 rings (SSSR count). The minimum absolute atomic E-state index is 0.0592. The van der Waals surface area contributed by atoms with E-state index in [4.69, 9.17) is 9.84 Å². The standard InChI is InChI=1S/C13H18N2O3/c1-10-8-11(14-9-13(16)17)2-3-12(10)15-4-6-18-7-5-15/h2-3,8,14H,4-7,9H2,1H3,(H,16,17). The lowest BCUT2D eigenvalue weighted by molar-refractivity contribution is -0.134. The number of anilines is 2. The fourth-order valence-corrected chi connectivity index (χ4v) is 2.10. The molecule has 1 aromatic rings. The summed E-state index contributed by atoms with van der Waals surface area (Å²) in [5.41, 5.74) is 3.18. The van der Waals surface area contributed by atoms with Gasteiger partial charge in [-0.2, -0.15) is 0 Å². The number of morpholine rings is 1. The Kier molecular flexibility index (Phi) is 4.04. The maximum Gasteiger partial charge on any atom is 0.322 e. The van der Waals surface area contributed by atoms with Crippen LogP contribution >= 0.6 is 0 Å². The number of rotatable bonds is 4. The first-order chi connectivity index (χ1) is 8.66. The Morgan fingerprint density at radius 2 is 2.17 bits per heavy atom. The lowest BCUT2D eigenvalue weighted by atomic mass is 10.1. The molecule has 0 unspecified atom stereocenters. The molecular weight excluding hydrogens is 232 g/mol. The normalized spacial score (nSPS) is 15.5. The molecule has 0 spiro atoms. The molecule has 2 N–H and O–H groups in total. The number of hydrogen-bond donors (Lipinski definition) is 2. The number of carbonyl (C=O) groups is 1. The summed E-state index contributed by atoms with van der Waals surface area (Å²) < 4.78 is 5.33. The minimum atomic E-state index is -0.857. The second-order valence-electron chi connectivity index (χ2n) is 4.35. The van der Waals surface area contributed by atoms with E-state index in [1.807, 2.05) is 25.1 Å². The molecule has 1 aromatic carbocycles. The third-order valence-electron chi connectivity index (χ3n) is 2.99. The summed E-state index contributed by atoms with van der Waals surface area (Å²) in [7, 11) is 0. The summed E-state index contributed by atoms with van der Waals surface area (Å²) in [5, 5.41) is 11.5. The molecule has 18 heavy (non-hydrogen) atoms. The molecule has 1 heterocycles. The van der Waals surface area contributed by atoms with Gasteiger partial charge in [-0.15, -0.1) is 0 Å². The summed E-state index contributed by atoms with van der Waals surface area (Å²) >= 11 is 0. The molecule has 0 saturated carbocycles. The fourth-order valence-electron chi connectivity index (χ4n) is 2.10. The summed E-state index contributed by atoms with van der Waals surface area (Å²) in [5.74, 6) is -0.857. The van der Waals surface area contributed by atoms with Crippen LogP contribution < -0.4 is 10.2 Å². The first-order valence-electron chi connectivity index (χ1n) is 6.06. The molecule has 0 amide bonds. The van der Waals surface area contributed by atoms with Gasteiger partial charge in [0.2, 0.25) is 0 Å². The molecule has 0 radical (unpaired) electrons. The minimum Gasteiger partial charge on any atom is -0.480 e. The average molecular weight is 250 g/mol. The van der Waals surface area contributed by atoms with E-state index in [1.165, 1.54) is 5.69 Å². The van der Waals surface area contributed by atoms with Crippen molar-refractivity contribution < 1.29 is 14.6 Å². The maximum atomic E-state index is 10.5. The molecule has 1 saturated heterocycles. The molecule has 0 bridgehead atoms. The molecule has 1 aliphatic rings. The van der Waals surface area contributed by atoms with Crippen molar-refractivity contribution in [2.24, 2.45) is 0 Å². The molecule has 0 aromatic heterocycles. The van der Waals surface area contributed by atoms with Gasteiger partial charge < -0.3 is 20.1 Å². The predicted octanol–water partition coefficient (Wildman–Crippen LogP) is 1.33. The molecule has 1 fully saturated rings. The van der Waals surface area contributed by atoms with Crippen molar-refractivity contribution in [3.63, 3.8) is 0 Å². The van der Waals surface area contributed by atoms with Crippen LogP contribution in [0.5, 0.6) is 0 Å². The lowest BCUT2D eigenvalue weighted by Gasteiger charge is -2.30. The van der Waals surface area contributed by atoms with Gasteiger partial charge in [0.15, 0.2) is 0 Å². The predicted molar refractivity (Wildman–Crippen MR) is 70.3 cm³/mol. The van der Waals surface area contributed by atoms with Gasteiger partial charge in [-0.3, -0.25) is 4.79 Å². The van der Waals surface area contributed by atoms with E-state index in [1.54, 1.807) is 0 Å². The topological polar surface area (TPSA) is 61.8 Å². The summed E-state index contributed by atoms with van der Waals surface area (Å²) in [4.78, 5) is 12.8. The van der Waals surface area contributed by atoms with E-state index in [0.717, 1.165) is 37.6 Å². The molecule has 5 nitrogen and oxygen atoms in total. The largest absolute Gasteiger partial charge is 0.480 e. The lowest BCUT2D eigenvalue weighted by Crippen LogP contribution is -2.36. The number of ether oxygens (including phenoxy) is 1. The van der Waals surface area contributed by atoms with Crippen LogP contribution in [-0.2, 0) is 9.53 Å². The molecule has 0 atom stereocenters. The molecular formula is C13H18N2O3. The highest BCUT2D eigenvalue weighted by atomic mass is 16.5. The Labute approximate surface area is 106 Å². The Balaban J connectivity index is 2.06. The number of nitrogens with zero attached hydrogens (tertiary/aromatic N) is 1. The number of benzene rings is 1. The van der Waals surface area contributed by atoms with Gasteiger partial charge in [0.1, 0.15) is 6.54 Å². The number of aliphatic carboxylic acids is 1. The van der Waals surface area contributed by atoms with Gasteiger partial charge in [-0.25, -0.2) is 0 Å². The second kappa shape index (κ2) is 5.73. The van der Waals surface area contributed by atoms with Crippen LogP contribution in [0.15, 0.2) is 18.2 Å². The summed E-state index contributed by atoms with van der Waals surface area (Å²) in [6, 6.07) is 5.93. The summed E-state index contributed by atoms with van der Waals surface area (Å²) in [6.45, 7) is 5.31. The quantitative estimate of drug-likeness (QED) is 0.844. The average Bonchev–Trinajstić information content (AvgIpc) is 2.37. The van der Waals surface area contributed by atoms with Gasteiger partial charge in [0.25, 0.3) is 0 Å². The Hall–Kier alpha value is -1.75. The smallest absolute Gasteiger partial charge is 0.322 e. The molecule has 0 aliphatic carbocycles. The number of hydrogen-bond acceptors (Lipinski definition) is 4. The van der Waals surface area contributed by atoms with Crippen molar-refractivity contribution in [2.75, 3.05) is 43.1 Å². The van der Waals surface area contributed by atoms with E-state index < -0.39 is 5.97 Å². The third-order valence-corrected chi connectivity index (χ3v) is 2.99. The van der Waals surface area contributed by atoms with Crippen LogP contribution in [0.2, 0.25) is 0 Å². The number of carboxylic acid groups (broad SMARTS) is 1. The van der Waals surface area contributed by atoms with Gasteiger partial charge in [-0.1, -0.05) is 0 Å². The van der Waals surface area contributed by atoms with Crippen LogP contribution in [0.4, 0.5) is 11.4 Å². The van der Waals surface area contributed by atoms with Crippen LogP contribution in [0.1, 0.15) is 5.56 Å². The number of aryl methyl sites for hydroxylation is 1. The molecule has 5 heteroatoms. The van der Waals surface area contributed by atoms with Crippen molar-refractivity contribution in [1.29, 1.82) is 0 Å². The highest BCUT2D eigenvalue weighted by Crippen LogP contribution is 2.24.